The van der Waals surface area contributed by atoms with E-state index in [0.717, 1.165) is 60.6 Å². The summed E-state index contributed by atoms with van der Waals surface area (Å²) < 4.78 is 0. The lowest BCUT2D eigenvalue weighted by molar-refractivity contribution is -0.109. The molecule has 0 aromatic heterocycles. The number of hydrogen-bond donors (Lipinski definition) is 4. The number of benzene rings is 6. The molecule has 2 heterocycles. The van der Waals surface area contributed by atoms with E-state index in [1.165, 1.54) is 27.7 Å². The third-order valence-corrected chi connectivity index (χ3v) is 10.7. The Labute approximate surface area is 291 Å². The Morgan fingerprint density at radius 1 is 0.620 bits per heavy atom. The summed E-state index contributed by atoms with van der Waals surface area (Å²) in [5.41, 5.74) is 13.6. The number of nitrogens with zero attached hydrogens (tertiary/aromatic N) is 1. The molecule has 0 unspecified atom stereocenters. The Morgan fingerprint density at radius 3 is 1.84 bits per heavy atom. The normalized spacial score (nSPS) is 15.8. The van der Waals surface area contributed by atoms with Crippen molar-refractivity contribution in [1.82, 2.24) is 0 Å². The summed E-state index contributed by atoms with van der Waals surface area (Å²) in [6.07, 6.45) is 0. The number of carbonyl (C=O) groups is 1. The molecule has 8 heteroatoms. The largest absolute Gasteiger partial charge is 0.506 e. The standard InChI is InChI=1S/C42H36B2N4O2/c1-21-17-23(3)37(24(4)18-21)43-45-31-11-7-9-27-13-15-29(39(47-43)33(27)31)35-41(49)36(42(35)50)30-16-14-28-10-8-12-32-34(28)40(30)48-44(46-32)38-25(5)19-22(2)20-26(38)6/h7-20,45-47,49H,1-6H3/b36-30-. The second-order valence-electron chi connectivity index (χ2n) is 14.2. The van der Waals surface area contributed by atoms with Crippen LogP contribution < -0.4 is 37.2 Å². The van der Waals surface area contributed by atoms with Gasteiger partial charge in [0.15, 0.2) is 0 Å². The van der Waals surface area contributed by atoms with Crippen LogP contribution in [0.4, 0.5) is 17.1 Å². The lowest BCUT2D eigenvalue weighted by atomic mass is 9.62. The van der Waals surface area contributed by atoms with Crippen molar-refractivity contribution in [1.29, 1.82) is 0 Å². The van der Waals surface area contributed by atoms with Crippen LogP contribution in [-0.2, 0) is 4.79 Å². The van der Waals surface area contributed by atoms with Crippen LogP contribution in [0.2, 0.25) is 0 Å². The highest BCUT2D eigenvalue weighted by atomic mass is 16.3. The van der Waals surface area contributed by atoms with Gasteiger partial charge in [-0.1, -0.05) is 106 Å². The predicted octanol–water partition coefficient (Wildman–Crippen LogP) is 6.22. The van der Waals surface area contributed by atoms with Crippen molar-refractivity contribution < 1.29 is 9.90 Å². The van der Waals surface area contributed by atoms with E-state index in [-0.39, 0.29) is 25.5 Å². The van der Waals surface area contributed by atoms with Gasteiger partial charge in [-0.05, 0) is 75.4 Å². The van der Waals surface area contributed by atoms with Gasteiger partial charge in [-0.3, -0.25) is 4.79 Å². The lowest BCUT2D eigenvalue weighted by Crippen LogP contribution is -2.50. The fraction of sp³-hybridized carbons (Fsp3) is 0.143. The number of rotatable bonds is 3. The maximum absolute atomic E-state index is 14.4. The lowest BCUT2D eigenvalue weighted by Gasteiger charge is -2.32. The number of Topliss-reactive ketones (excluding diaryl/α,β-unsaturated/α-hetero) is 1. The zero-order chi connectivity index (χ0) is 34.6. The van der Waals surface area contributed by atoms with Gasteiger partial charge >= 0.3 is 14.0 Å². The Bertz CT molecular complexity index is 2650. The van der Waals surface area contributed by atoms with Crippen molar-refractivity contribution in [3.05, 3.63) is 140 Å². The van der Waals surface area contributed by atoms with Crippen molar-refractivity contribution in [3.63, 3.8) is 0 Å². The Kier molecular flexibility index (Phi) is 6.60. The Hall–Kier alpha value is -5.75. The molecule has 3 aliphatic rings. The number of carbonyl (C=O) groups excluding carboxylic acids is 1. The van der Waals surface area contributed by atoms with E-state index in [1.807, 2.05) is 36.4 Å². The fourth-order valence-electron chi connectivity index (χ4n) is 8.77. The van der Waals surface area contributed by atoms with Crippen molar-refractivity contribution in [2.45, 2.75) is 41.5 Å². The van der Waals surface area contributed by atoms with Gasteiger partial charge in [0, 0.05) is 38.6 Å². The number of aliphatic hydroxyl groups excluding tert-OH is 1. The molecule has 6 nitrogen and oxygen atoms in total. The molecular formula is C42H36B2N4O2. The monoisotopic (exact) mass is 650 g/mol. The SMILES string of the molecule is Cc1cc(C)c(B2N=c3/c(=C4\C(=O)C(c5ccc6cccc7c6c5NB(c5c(C)cc(C)cc5C)N7)=C4O)ccc4cccc(c34)N2)c(C)c1. The van der Waals surface area contributed by atoms with E-state index in [0.29, 0.717) is 21.9 Å². The van der Waals surface area contributed by atoms with Crippen LogP contribution in [0.1, 0.15) is 38.9 Å². The van der Waals surface area contributed by atoms with Crippen molar-refractivity contribution in [2.24, 2.45) is 4.90 Å². The molecule has 242 valence electrons. The smallest absolute Gasteiger partial charge is 0.428 e. The van der Waals surface area contributed by atoms with E-state index in [1.54, 1.807) is 0 Å². The van der Waals surface area contributed by atoms with Gasteiger partial charge in [-0.25, -0.2) is 0 Å². The van der Waals surface area contributed by atoms with Crippen LogP contribution in [-0.4, -0.2) is 24.9 Å². The Morgan fingerprint density at radius 2 is 1.20 bits per heavy atom. The minimum absolute atomic E-state index is 0.00345. The number of allylic oxidation sites excluding steroid dienone is 2. The molecule has 1 aliphatic carbocycles. The number of ketones is 1. The summed E-state index contributed by atoms with van der Waals surface area (Å²) in [5.74, 6) is -0.181. The van der Waals surface area contributed by atoms with Crippen LogP contribution in [0, 0.1) is 41.5 Å². The van der Waals surface area contributed by atoms with E-state index >= 15 is 0 Å². The second-order valence-corrected chi connectivity index (χ2v) is 14.2. The van der Waals surface area contributed by atoms with Gasteiger partial charge in [0.05, 0.1) is 16.5 Å². The molecule has 6 aromatic rings. The van der Waals surface area contributed by atoms with E-state index < -0.39 is 0 Å². The fourth-order valence-corrected chi connectivity index (χ4v) is 8.77. The zero-order valence-corrected chi connectivity index (χ0v) is 29.0. The van der Waals surface area contributed by atoms with E-state index in [9.17, 15) is 9.90 Å². The average Bonchev–Trinajstić information content (AvgIpc) is 3.06. The third-order valence-electron chi connectivity index (χ3n) is 10.7. The molecule has 6 aromatic carbocycles. The Balaban J connectivity index is 1.25. The minimum atomic E-state index is -0.332. The van der Waals surface area contributed by atoms with Gasteiger partial charge in [0.2, 0.25) is 5.78 Å². The third kappa shape index (κ3) is 4.37. The van der Waals surface area contributed by atoms with Crippen LogP contribution in [0.15, 0.2) is 95.6 Å². The molecule has 9 rings (SSSR count). The molecule has 0 bridgehead atoms. The highest BCUT2D eigenvalue weighted by Crippen LogP contribution is 2.45. The first-order valence-corrected chi connectivity index (χ1v) is 17.2. The predicted molar refractivity (Wildman–Crippen MR) is 210 cm³/mol. The quantitative estimate of drug-likeness (QED) is 0.171. The summed E-state index contributed by atoms with van der Waals surface area (Å²) in [7, 11) is 0. The maximum Gasteiger partial charge on any atom is 0.428 e. The molecular weight excluding hydrogens is 614 g/mol. The van der Waals surface area contributed by atoms with Crippen LogP contribution in [0.25, 0.3) is 32.7 Å². The van der Waals surface area contributed by atoms with Crippen molar-refractivity contribution in [2.75, 3.05) is 15.7 Å². The molecule has 2 aliphatic heterocycles. The maximum atomic E-state index is 14.4. The number of nitrogens with one attached hydrogen (secondary N) is 3. The topological polar surface area (TPSA) is 85.8 Å². The summed E-state index contributed by atoms with van der Waals surface area (Å²) in [6, 6.07) is 29.1. The van der Waals surface area contributed by atoms with Crippen LogP contribution in [0.5, 0.6) is 0 Å². The molecule has 0 fully saturated rings. The van der Waals surface area contributed by atoms with E-state index in [4.69, 9.17) is 4.90 Å². The van der Waals surface area contributed by atoms with Crippen LogP contribution in [0.3, 0.4) is 0 Å². The summed E-state index contributed by atoms with van der Waals surface area (Å²) >= 11 is 0. The molecule has 50 heavy (non-hydrogen) atoms. The second kappa shape index (κ2) is 10.9. The molecule has 0 saturated heterocycles. The number of aryl methyl sites for hydroxylation is 6. The first kappa shape index (κ1) is 30.3. The number of hydrogen-bond acceptors (Lipinski definition) is 6. The van der Waals surface area contributed by atoms with Gasteiger partial charge in [-0.15, -0.1) is 0 Å². The molecule has 4 N–H and O–H groups in total. The summed E-state index contributed by atoms with van der Waals surface area (Å²) in [4.78, 5) is 19.7. The molecule has 0 radical (unpaired) electrons. The molecule has 0 saturated carbocycles. The zero-order valence-electron chi connectivity index (χ0n) is 29.0. The van der Waals surface area contributed by atoms with Crippen molar-refractivity contribution in [3.8, 4) is 0 Å². The molecule has 0 amide bonds. The average molecular weight is 650 g/mol. The molecule has 0 spiro atoms. The number of aliphatic hydroxyl groups is 1. The highest BCUT2D eigenvalue weighted by Gasteiger charge is 2.39. The van der Waals surface area contributed by atoms with Crippen molar-refractivity contribution >= 4 is 80.4 Å². The first-order valence-electron chi connectivity index (χ1n) is 17.2. The van der Waals surface area contributed by atoms with Gasteiger partial charge < -0.3 is 25.7 Å². The molecule has 0 atom stereocenters. The van der Waals surface area contributed by atoms with Gasteiger partial charge in [0.25, 0.3) is 0 Å². The summed E-state index contributed by atoms with van der Waals surface area (Å²) in [5, 5.41) is 28.5. The highest BCUT2D eigenvalue weighted by molar-refractivity contribution is 6.81. The van der Waals surface area contributed by atoms with Gasteiger partial charge in [-0.2, -0.15) is 0 Å². The van der Waals surface area contributed by atoms with Crippen LogP contribution >= 0.6 is 0 Å². The summed E-state index contributed by atoms with van der Waals surface area (Å²) in [6.45, 7) is 12.2. The minimum Gasteiger partial charge on any atom is -0.506 e. The van der Waals surface area contributed by atoms with E-state index in [2.05, 4.69) is 106 Å². The van der Waals surface area contributed by atoms with Gasteiger partial charge in [0.1, 0.15) is 5.76 Å². The number of anilines is 3. The first-order chi connectivity index (χ1) is 24.1.